The number of rotatable bonds is 4. The van der Waals surface area contributed by atoms with E-state index in [2.05, 4.69) is 5.32 Å². The molecule has 5 heteroatoms. The molecule has 1 aromatic carbocycles. The normalized spacial score (nSPS) is 32.9. The number of benzene rings is 1. The van der Waals surface area contributed by atoms with Crippen molar-refractivity contribution >= 4 is 29.3 Å². The molecule has 0 aliphatic heterocycles. The second-order valence-corrected chi connectivity index (χ2v) is 8.07. The Morgan fingerprint density at radius 2 is 1.74 bits per heavy atom. The van der Waals surface area contributed by atoms with Crippen LogP contribution in [0, 0.1) is 29.1 Å². The van der Waals surface area contributed by atoms with Crippen LogP contribution in [-0.2, 0) is 9.59 Å². The third-order valence-corrected chi connectivity index (χ3v) is 7.08. The number of anilines is 1. The second kappa shape index (κ2) is 5.26. The van der Waals surface area contributed by atoms with Crippen LogP contribution >= 0.6 is 11.8 Å². The number of carbonyl (C=O) groups excluding carboxylic acids is 2. The van der Waals surface area contributed by atoms with Crippen molar-refractivity contribution in [1.29, 1.82) is 0 Å². The van der Waals surface area contributed by atoms with Crippen molar-refractivity contribution in [3.05, 3.63) is 24.3 Å². The van der Waals surface area contributed by atoms with E-state index in [0.717, 1.165) is 36.3 Å². The van der Waals surface area contributed by atoms with Gasteiger partial charge in [-0.05, 0) is 73.5 Å². The maximum absolute atomic E-state index is 12.9. The first-order valence-corrected chi connectivity index (χ1v) is 9.53. The van der Waals surface area contributed by atoms with Gasteiger partial charge in [0.1, 0.15) is 0 Å². The molecule has 4 rings (SSSR count). The zero-order chi connectivity index (χ0) is 16.2. The lowest BCUT2D eigenvalue weighted by Crippen LogP contribution is -2.40. The molecular formula is C18H22N2O2S. The molecule has 0 aromatic heterocycles. The number of carbonyl (C=O) groups is 2. The molecule has 122 valence electrons. The lowest BCUT2D eigenvalue weighted by atomic mass is 9.78. The molecule has 0 radical (unpaired) electrons. The standard InChI is InChI=1S/C18H22N2O2S/c1-23-11-4-2-10(3-5-11)20-17(22)15-13-7-6-12(14(15)16(19)21)18(13)8-9-18/h2-5,12-15H,6-9H2,1H3,(H2,19,21)(H,20,22)/t12-,13+,14+,15-/m1/s1. The minimum Gasteiger partial charge on any atom is -0.369 e. The lowest BCUT2D eigenvalue weighted by molar-refractivity contribution is -0.132. The van der Waals surface area contributed by atoms with Gasteiger partial charge in [0, 0.05) is 10.6 Å². The van der Waals surface area contributed by atoms with Crippen LogP contribution < -0.4 is 11.1 Å². The van der Waals surface area contributed by atoms with Crippen molar-refractivity contribution in [2.24, 2.45) is 34.8 Å². The van der Waals surface area contributed by atoms with Crippen LogP contribution in [0.15, 0.2) is 29.2 Å². The number of thioether (sulfide) groups is 1. The molecule has 1 aromatic rings. The molecule has 1 spiro atoms. The van der Waals surface area contributed by atoms with Gasteiger partial charge in [-0.15, -0.1) is 11.8 Å². The fourth-order valence-electron chi connectivity index (χ4n) is 5.29. The number of nitrogens with two attached hydrogens (primary N) is 1. The van der Waals surface area contributed by atoms with Crippen LogP contribution in [0.3, 0.4) is 0 Å². The third-order valence-electron chi connectivity index (χ3n) is 6.34. The van der Waals surface area contributed by atoms with Crippen molar-refractivity contribution in [3.8, 4) is 0 Å². The maximum Gasteiger partial charge on any atom is 0.228 e. The zero-order valence-corrected chi connectivity index (χ0v) is 14.1. The Morgan fingerprint density at radius 1 is 1.13 bits per heavy atom. The smallest absolute Gasteiger partial charge is 0.228 e. The van der Waals surface area contributed by atoms with E-state index in [4.69, 9.17) is 5.73 Å². The van der Waals surface area contributed by atoms with Crippen molar-refractivity contribution in [1.82, 2.24) is 0 Å². The van der Waals surface area contributed by atoms with Gasteiger partial charge in [-0.1, -0.05) is 0 Å². The summed E-state index contributed by atoms with van der Waals surface area (Å²) in [6.07, 6.45) is 6.48. The van der Waals surface area contributed by atoms with E-state index in [1.54, 1.807) is 11.8 Å². The third kappa shape index (κ3) is 2.20. The average Bonchev–Trinajstić information content (AvgIpc) is 3.21. The van der Waals surface area contributed by atoms with E-state index < -0.39 is 0 Å². The second-order valence-electron chi connectivity index (χ2n) is 7.20. The fraction of sp³-hybridized carbons (Fsp3) is 0.556. The van der Waals surface area contributed by atoms with Crippen LogP contribution in [-0.4, -0.2) is 18.1 Å². The molecule has 3 saturated carbocycles. The van der Waals surface area contributed by atoms with E-state index in [9.17, 15) is 9.59 Å². The van der Waals surface area contributed by atoms with Crippen molar-refractivity contribution < 1.29 is 9.59 Å². The molecule has 3 N–H and O–H groups in total. The topological polar surface area (TPSA) is 72.2 Å². The Balaban J connectivity index is 1.56. The predicted octanol–water partition coefficient (Wildman–Crippen LogP) is 2.88. The Morgan fingerprint density at radius 3 is 2.26 bits per heavy atom. The average molecular weight is 330 g/mol. The SMILES string of the molecule is CSc1ccc(NC(=O)[C@H]2[C@@H](C(N)=O)[C@H]3CC[C@@H]2C32CC2)cc1. The summed E-state index contributed by atoms with van der Waals surface area (Å²) in [5, 5.41) is 3.01. The quantitative estimate of drug-likeness (QED) is 0.834. The summed E-state index contributed by atoms with van der Waals surface area (Å²) in [6, 6.07) is 7.83. The monoisotopic (exact) mass is 330 g/mol. The Kier molecular flexibility index (Phi) is 3.45. The van der Waals surface area contributed by atoms with Crippen LogP contribution in [0.1, 0.15) is 25.7 Å². The van der Waals surface area contributed by atoms with Crippen molar-refractivity contribution in [2.45, 2.75) is 30.6 Å². The highest BCUT2D eigenvalue weighted by Crippen LogP contribution is 2.74. The van der Waals surface area contributed by atoms with Crippen molar-refractivity contribution in [3.63, 3.8) is 0 Å². The van der Waals surface area contributed by atoms with Crippen molar-refractivity contribution in [2.75, 3.05) is 11.6 Å². The van der Waals surface area contributed by atoms with E-state index >= 15 is 0 Å². The van der Waals surface area contributed by atoms with E-state index in [1.807, 2.05) is 30.5 Å². The van der Waals surface area contributed by atoms with Gasteiger partial charge in [0.25, 0.3) is 0 Å². The number of nitrogens with one attached hydrogen (secondary N) is 1. The summed E-state index contributed by atoms with van der Waals surface area (Å²) in [7, 11) is 0. The minimum absolute atomic E-state index is 0.0239. The summed E-state index contributed by atoms with van der Waals surface area (Å²) < 4.78 is 0. The highest BCUT2D eigenvalue weighted by molar-refractivity contribution is 7.98. The minimum atomic E-state index is -0.290. The molecule has 0 heterocycles. The molecule has 4 atom stereocenters. The first-order chi connectivity index (χ1) is 11.1. The maximum atomic E-state index is 12.9. The Labute approximate surface area is 140 Å². The molecule has 3 aliphatic rings. The molecule has 3 fully saturated rings. The molecule has 23 heavy (non-hydrogen) atoms. The summed E-state index contributed by atoms with van der Waals surface area (Å²) in [6.45, 7) is 0. The highest BCUT2D eigenvalue weighted by atomic mass is 32.2. The lowest BCUT2D eigenvalue weighted by Gasteiger charge is -2.27. The highest BCUT2D eigenvalue weighted by Gasteiger charge is 2.71. The van der Waals surface area contributed by atoms with Crippen LogP contribution in [0.25, 0.3) is 0 Å². The van der Waals surface area contributed by atoms with Gasteiger partial charge in [0.05, 0.1) is 11.8 Å². The predicted molar refractivity (Wildman–Crippen MR) is 90.9 cm³/mol. The van der Waals surface area contributed by atoms with E-state index in [1.165, 1.54) is 0 Å². The van der Waals surface area contributed by atoms with Gasteiger partial charge in [-0.2, -0.15) is 0 Å². The van der Waals surface area contributed by atoms with Gasteiger partial charge in [-0.3, -0.25) is 9.59 Å². The first kappa shape index (κ1) is 15.1. The summed E-state index contributed by atoms with van der Waals surface area (Å²) >= 11 is 1.67. The number of hydrogen-bond donors (Lipinski definition) is 2. The Bertz CT molecular complexity index is 653. The van der Waals surface area contributed by atoms with Crippen LogP contribution in [0.5, 0.6) is 0 Å². The van der Waals surface area contributed by atoms with Gasteiger partial charge in [-0.25, -0.2) is 0 Å². The van der Waals surface area contributed by atoms with Gasteiger partial charge in [0.15, 0.2) is 0 Å². The molecule has 0 saturated heterocycles. The summed E-state index contributed by atoms with van der Waals surface area (Å²) in [4.78, 5) is 26.0. The van der Waals surface area contributed by atoms with Gasteiger partial charge >= 0.3 is 0 Å². The van der Waals surface area contributed by atoms with Gasteiger partial charge < -0.3 is 11.1 Å². The first-order valence-electron chi connectivity index (χ1n) is 8.31. The zero-order valence-electron chi connectivity index (χ0n) is 13.2. The molecule has 4 nitrogen and oxygen atoms in total. The van der Waals surface area contributed by atoms with Gasteiger partial charge in [0.2, 0.25) is 11.8 Å². The molecule has 3 aliphatic carbocycles. The van der Waals surface area contributed by atoms with Crippen LogP contribution in [0.4, 0.5) is 5.69 Å². The number of amides is 2. The number of hydrogen-bond acceptors (Lipinski definition) is 3. The summed E-state index contributed by atoms with van der Waals surface area (Å²) in [5.41, 5.74) is 6.72. The molecule has 0 unspecified atom stereocenters. The molecule has 2 bridgehead atoms. The van der Waals surface area contributed by atoms with E-state index in [-0.39, 0.29) is 29.1 Å². The van der Waals surface area contributed by atoms with Crippen LogP contribution in [0.2, 0.25) is 0 Å². The Hall–Kier alpha value is -1.49. The molecular weight excluding hydrogens is 308 g/mol. The fourth-order valence-corrected chi connectivity index (χ4v) is 5.70. The summed E-state index contributed by atoms with van der Waals surface area (Å²) in [5.74, 6) is -0.156. The van der Waals surface area contributed by atoms with E-state index in [0.29, 0.717) is 11.8 Å². The number of primary amides is 1. The largest absolute Gasteiger partial charge is 0.369 e. The molecule has 2 amide bonds.